The summed E-state index contributed by atoms with van der Waals surface area (Å²) in [6, 6.07) is 3.54. The van der Waals surface area contributed by atoms with E-state index in [1.165, 1.54) is 0 Å². The lowest BCUT2D eigenvalue weighted by Crippen LogP contribution is -1.97. The average molecular weight is 285 g/mol. The Morgan fingerprint density at radius 1 is 1.69 bits per heavy atom. The number of carboxylic acids is 1. The van der Waals surface area contributed by atoms with Crippen molar-refractivity contribution in [2.45, 2.75) is 6.61 Å². The number of hydrogen-bond acceptors (Lipinski definition) is 3. The number of nitrogens with zero attached hydrogens (tertiary/aromatic N) is 2. The minimum absolute atomic E-state index is 0.0355. The molecule has 2 aromatic rings. The van der Waals surface area contributed by atoms with Crippen molar-refractivity contribution in [2.24, 2.45) is 0 Å². The molecule has 0 radical (unpaired) electrons. The third-order valence-corrected chi connectivity index (χ3v) is 2.65. The molecule has 0 saturated carbocycles. The summed E-state index contributed by atoms with van der Waals surface area (Å²) in [4.78, 5) is 15.0. The number of aromatic nitrogens is 2. The molecule has 0 aliphatic carbocycles. The van der Waals surface area contributed by atoms with Gasteiger partial charge in [0.2, 0.25) is 0 Å². The number of aromatic carboxylic acids is 1. The van der Waals surface area contributed by atoms with Crippen LogP contribution in [0.1, 0.15) is 16.3 Å². The number of hydrogen-bond donors (Lipinski definition) is 1. The molecule has 1 N–H and O–H groups in total. The number of fused-ring (bicyclic) bond motifs is 1. The largest absolute Gasteiger partial charge is 0.476 e. The van der Waals surface area contributed by atoms with Gasteiger partial charge in [-0.3, -0.25) is 0 Å². The first-order valence-corrected chi connectivity index (χ1v) is 5.31. The zero-order chi connectivity index (χ0) is 11.7. The predicted molar refractivity (Wildman–Crippen MR) is 60.6 cm³/mol. The maximum atomic E-state index is 11.0. The quantitative estimate of drug-likeness (QED) is 0.936. The maximum absolute atomic E-state index is 11.0. The van der Waals surface area contributed by atoms with Crippen LogP contribution in [0, 0.1) is 0 Å². The van der Waals surface area contributed by atoms with Crippen molar-refractivity contribution in [1.82, 2.24) is 9.38 Å². The first kappa shape index (κ1) is 11.1. The summed E-state index contributed by atoms with van der Waals surface area (Å²) in [5, 5.41) is 9.02. The van der Waals surface area contributed by atoms with Gasteiger partial charge in [0.05, 0.1) is 5.52 Å². The topological polar surface area (TPSA) is 63.8 Å². The number of imidazole rings is 1. The molecule has 16 heavy (non-hydrogen) atoms. The molecular weight excluding hydrogens is 276 g/mol. The average Bonchev–Trinajstić information content (AvgIpc) is 2.57. The molecule has 0 bridgehead atoms. The third kappa shape index (κ3) is 1.81. The highest BCUT2D eigenvalue weighted by Crippen LogP contribution is 2.19. The normalized spacial score (nSPS) is 10.9. The summed E-state index contributed by atoms with van der Waals surface area (Å²) in [6.07, 6.45) is 1.76. The molecule has 84 valence electrons. The van der Waals surface area contributed by atoms with Crippen LogP contribution in [-0.4, -0.2) is 27.6 Å². The Labute approximate surface area is 99.8 Å². The zero-order valence-corrected chi connectivity index (χ0v) is 10.1. The van der Waals surface area contributed by atoms with Crippen LogP contribution in [0.25, 0.3) is 5.52 Å². The van der Waals surface area contributed by atoms with Crippen LogP contribution in [0.3, 0.4) is 0 Å². The summed E-state index contributed by atoms with van der Waals surface area (Å²) < 4.78 is 7.49. The van der Waals surface area contributed by atoms with Crippen molar-refractivity contribution < 1.29 is 14.6 Å². The zero-order valence-electron chi connectivity index (χ0n) is 8.48. The van der Waals surface area contributed by atoms with Gasteiger partial charge in [-0.2, -0.15) is 0 Å². The molecule has 2 heterocycles. The Hall–Kier alpha value is -1.40. The molecule has 2 aromatic heterocycles. The number of rotatable bonds is 3. The molecule has 0 saturated heterocycles. The number of methoxy groups -OCH3 is 1. The Morgan fingerprint density at radius 3 is 3.06 bits per heavy atom. The van der Waals surface area contributed by atoms with Crippen LogP contribution in [-0.2, 0) is 11.3 Å². The summed E-state index contributed by atoms with van der Waals surface area (Å²) in [5.41, 5.74) is 0.585. The Bertz CT molecular complexity index is 550. The highest BCUT2D eigenvalue weighted by molar-refractivity contribution is 9.10. The number of halogens is 1. The van der Waals surface area contributed by atoms with Crippen LogP contribution in [0.2, 0.25) is 0 Å². The highest BCUT2D eigenvalue weighted by atomic mass is 79.9. The highest BCUT2D eigenvalue weighted by Gasteiger charge is 2.16. The van der Waals surface area contributed by atoms with Gasteiger partial charge in [-0.15, -0.1) is 0 Å². The first-order valence-electron chi connectivity index (χ1n) is 4.52. The molecule has 0 unspecified atom stereocenters. The van der Waals surface area contributed by atoms with Crippen LogP contribution in [0.4, 0.5) is 0 Å². The molecule has 5 nitrogen and oxygen atoms in total. The van der Waals surface area contributed by atoms with Crippen molar-refractivity contribution in [3.05, 3.63) is 34.3 Å². The molecule has 0 aromatic carbocycles. The molecular formula is C10H9BrN2O3. The Morgan fingerprint density at radius 2 is 2.44 bits per heavy atom. The second-order valence-electron chi connectivity index (χ2n) is 3.22. The molecule has 0 aliphatic rings. The van der Waals surface area contributed by atoms with Crippen LogP contribution in [0.15, 0.2) is 22.8 Å². The van der Waals surface area contributed by atoms with Gasteiger partial charge >= 0.3 is 5.97 Å². The molecule has 0 spiro atoms. The Kier molecular flexibility index (Phi) is 2.93. The first-order chi connectivity index (χ1) is 7.63. The van der Waals surface area contributed by atoms with Crippen molar-refractivity contribution in [3.63, 3.8) is 0 Å². The number of carbonyl (C=O) groups is 1. The number of pyridine rings is 1. The van der Waals surface area contributed by atoms with E-state index in [1.807, 2.05) is 6.07 Å². The van der Waals surface area contributed by atoms with E-state index >= 15 is 0 Å². The van der Waals surface area contributed by atoms with E-state index in [1.54, 1.807) is 23.8 Å². The lowest BCUT2D eigenvalue weighted by molar-refractivity contribution is 0.0692. The second kappa shape index (κ2) is 4.23. The van der Waals surface area contributed by atoms with Crippen molar-refractivity contribution >= 4 is 27.4 Å². The lowest BCUT2D eigenvalue weighted by Gasteiger charge is -1.99. The van der Waals surface area contributed by atoms with Gasteiger partial charge < -0.3 is 14.2 Å². The SMILES string of the molecule is COCc1nc(C(=O)O)c2cc(Br)ccn12. The van der Waals surface area contributed by atoms with Gasteiger partial charge in [-0.25, -0.2) is 9.78 Å². The van der Waals surface area contributed by atoms with Gasteiger partial charge in [0.25, 0.3) is 0 Å². The summed E-state index contributed by atoms with van der Waals surface area (Å²) in [6.45, 7) is 0.274. The van der Waals surface area contributed by atoms with E-state index in [4.69, 9.17) is 9.84 Å². The van der Waals surface area contributed by atoms with Gasteiger partial charge in [0.15, 0.2) is 5.69 Å². The molecule has 0 fully saturated rings. The standard InChI is InChI=1S/C10H9BrN2O3/c1-16-5-8-12-9(10(14)15)7-4-6(11)2-3-13(7)8/h2-4H,5H2,1H3,(H,14,15). The summed E-state index contributed by atoms with van der Waals surface area (Å²) in [5.74, 6) is -0.472. The van der Waals surface area contributed by atoms with Gasteiger partial charge in [0.1, 0.15) is 12.4 Å². The fraction of sp³-hybridized carbons (Fsp3) is 0.200. The van der Waals surface area contributed by atoms with Crippen molar-refractivity contribution in [3.8, 4) is 0 Å². The molecule has 0 atom stereocenters. The molecule has 6 heteroatoms. The smallest absolute Gasteiger partial charge is 0.356 e. The monoisotopic (exact) mass is 284 g/mol. The number of carboxylic acid groups (broad SMARTS) is 1. The van der Waals surface area contributed by atoms with E-state index in [0.717, 1.165) is 4.47 Å². The van der Waals surface area contributed by atoms with Crippen LogP contribution < -0.4 is 0 Å². The van der Waals surface area contributed by atoms with Gasteiger partial charge in [0, 0.05) is 17.8 Å². The summed E-state index contributed by atoms with van der Waals surface area (Å²) in [7, 11) is 1.54. The van der Waals surface area contributed by atoms with E-state index in [0.29, 0.717) is 11.3 Å². The van der Waals surface area contributed by atoms with E-state index in [9.17, 15) is 4.79 Å². The van der Waals surface area contributed by atoms with Crippen LogP contribution >= 0.6 is 15.9 Å². The fourth-order valence-corrected chi connectivity index (χ4v) is 1.85. The lowest BCUT2D eigenvalue weighted by atomic mass is 10.3. The minimum Gasteiger partial charge on any atom is -0.476 e. The summed E-state index contributed by atoms with van der Waals surface area (Å²) >= 11 is 3.30. The molecule has 0 amide bonds. The van der Waals surface area contributed by atoms with Crippen LogP contribution in [0.5, 0.6) is 0 Å². The van der Waals surface area contributed by atoms with E-state index in [-0.39, 0.29) is 12.3 Å². The predicted octanol–water partition coefficient (Wildman–Crippen LogP) is 1.94. The molecule has 0 aliphatic heterocycles. The van der Waals surface area contributed by atoms with E-state index in [2.05, 4.69) is 20.9 Å². The van der Waals surface area contributed by atoms with Crippen molar-refractivity contribution in [2.75, 3.05) is 7.11 Å². The fourth-order valence-electron chi connectivity index (χ4n) is 1.51. The minimum atomic E-state index is -1.04. The molecule has 2 rings (SSSR count). The number of ether oxygens (including phenoxy) is 1. The van der Waals surface area contributed by atoms with Crippen molar-refractivity contribution in [1.29, 1.82) is 0 Å². The van der Waals surface area contributed by atoms with Gasteiger partial charge in [-0.1, -0.05) is 15.9 Å². The second-order valence-corrected chi connectivity index (χ2v) is 4.13. The Balaban J connectivity index is 2.71. The van der Waals surface area contributed by atoms with E-state index < -0.39 is 5.97 Å². The maximum Gasteiger partial charge on any atom is 0.356 e. The van der Waals surface area contributed by atoms with Gasteiger partial charge in [-0.05, 0) is 12.1 Å². The third-order valence-electron chi connectivity index (χ3n) is 2.15.